The predicted octanol–water partition coefficient (Wildman–Crippen LogP) is 0.563. The lowest BCUT2D eigenvalue weighted by molar-refractivity contribution is -0.122. The van der Waals surface area contributed by atoms with E-state index in [4.69, 9.17) is 5.73 Å². The molecule has 1 fully saturated rings. The molecule has 1 atom stereocenters. The fourth-order valence-electron chi connectivity index (χ4n) is 4.06. The summed E-state index contributed by atoms with van der Waals surface area (Å²) in [5, 5.41) is 11.7. The molecule has 3 N–H and O–H groups in total. The number of hydrogen-bond acceptors (Lipinski definition) is 5. The minimum Gasteiger partial charge on any atom is -0.368 e. The number of fused-ring (bicyclic) bond motifs is 1. The number of piperidine rings is 1. The lowest BCUT2D eigenvalue weighted by Crippen LogP contribution is -2.51. The summed E-state index contributed by atoms with van der Waals surface area (Å²) in [4.78, 5) is 26.8. The van der Waals surface area contributed by atoms with E-state index in [9.17, 15) is 9.59 Å². The van der Waals surface area contributed by atoms with Gasteiger partial charge in [0.15, 0.2) is 5.69 Å². The van der Waals surface area contributed by atoms with Crippen LogP contribution in [0.2, 0.25) is 0 Å². The Balaban J connectivity index is 1.63. The molecule has 8 nitrogen and oxygen atoms in total. The summed E-state index contributed by atoms with van der Waals surface area (Å²) in [6.45, 7) is 4.08. The highest BCUT2D eigenvalue weighted by Gasteiger charge is 2.36. The van der Waals surface area contributed by atoms with Crippen molar-refractivity contribution in [1.29, 1.82) is 0 Å². The third-order valence-electron chi connectivity index (χ3n) is 5.62. The summed E-state index contributed by atoms with van der Waals surface area (Å²) in [6, 6.07) is 7.40. The van der Waals surface area contributed by atoms with E-state index >= 15 is 0 Å². The largest absolute Gasteiger partial charge is 0.368 e. The quantitative estimate of drug-likeness (QED) is 0.824. The van der Waals surface area contributed by atoms with E-state index < -0.39 is 11.9 Å². The van der Waals surface area contributed by atoms with Crippen LogP contribution in [0.4, 0.5) is 0 Å². The van der Waals surface area contributed by atoms with E-state index in [0.29, 0.717) is 18.7 Å². The Bertz CT molecular complexity index is 871. The average molecular weight is 368 g/mol. The van der Waals surface area contributed by atoms with Gasteiger partial charge in [0.05, 0.1) is 11.7 Å². The van der Waals surface area contributed by atoms with E-state index in [1.165, 1.54) is 4.90 Å². The van der Waals surface area contributed by atoms with Crippen LogP contribution in [0.1, 0.15) is 46.2 Å². The van der Waals surface area contributed by atoms with Crippen molar-refractivity contribution in [3.8, 4) is 0 Å². The van der Waals surface area contributed by atoms with E-state index in [-0.39, 0.29) is 11.9 Å². The Morgan fingerprint density at radius 3 is 2.59 bits per heavy atom. The van der Waals surface area contributed by atoms with Crippen LogP contribution in [0, 0.1) is 6.92 Å². The fraction of sp³-hybridized carbons (Fsp3) is 0.474. The van der Waals surface area contributed by atoms with Gasteiger partial charge in [-0.15, -0.1) is 5.10 Å². The highest BCUT2D eigenvalue weighted by Crippen LogP contribution is 2.26. The summed E-state index contributed by atoms with van der Waals surface area (Å²) >= 11 is 0. The normalized spacial score (nSPS) is 20.3. The second kappa shape index (κ2) is 7.11. The van der Waals surface area contributed by atoms with Gasteiger partial charge in [-0.05, 0) is 44.0 Å². The lowest BCUT2D eigenvalue weighted by Gasteiger charge is -2.34. The summed E-state index contributed by atoms with van der Waals surface area (Å²) in [6.07, 6.45) is 2.34. The number of rotatable bonds is 3. The molecule has 4 rings (SSSR count). The van der Waals surface area contributed by atoms with E-state index in [1.54, 1.807) is 0 Å². The molecular weight excluding hydrogens is 344 g/mol. The Morgan fingerprint density at radius 2 is 1.89 bits per heavy atom. The van der Waals surface area contributed by atoms with Crippen molar-refractivity contribution in [2.24, 2.45) is 5.73 Å². The average Bonchev–Trinajstić information content (AvgIpc) is 3.08. The molecule has 1 saturated heterocycles. The Morgan fingerprint density at radius 1 is 1.19 bits per heavy atom. The van der Waals surface area contributed by atoms with Crippen molar-refractivity contribution >= 4 is 11.8 Å². The highest BCUT2D eigenvalue weighted by molar-refractivity contribution is 5.97. The van der Waals surface area contributed by atoms with Crippen molar-refractivity contribution in [1.82, 2.24) is 25.2 Å². The van der Waals surface area contributed by atoms with Crippen LogP contribution >= 0.6 is 0 Å². The second-order valence-corrected chi connectivity index (χ2v) is 7.27. The standard InChI is InChI=1S/C19H24N6O2/c1-12-17(22-23-25(12)15-6-8-21-9-7-15)19(27)24-11-14-5-3-2-4-13(14)10-16(24)18(20)26/h2-5,15-16,21H,6-11H2,1H3,(H2,20,26)/t16-/m1/s1. The number of nitrogens with two attached hydrogens (primary N) is 1. The van der Waals surface area contributed by atoms with Crippen molar-refractivity contribution in [3.63, 3.8) is 0 Å². The molecule has 0 saturated carbocycles. The molecule has 2 aliphatic rings. The van der Waals surface area contributed by atoms with Crippen molar-refractivity contribution in [3.05, 3.63) is 46.8 Å². The zero-order chi connectivity index (χ0) is 19.0. The van der Waals surface area contributed by atoms with Gasteiger partial charge in [0.1, 0.15) is 6.04 Å². The van der Waals surface area contributed by atoms with Crippen LogP contribution in [-0.4, -0.2) is 50.8 Å². The molecule has 2 aromatic rings. The molecule has 0 unspecified atom stereocenters. The smallest absolute Gasteiger partial charge is 0.277 e. The van der Waals surface area contributed by atoms with Gasteiger partial charge >= 0.3 is 0 Å². The molecule has 0 aliphatic carbocycles. The van der Waals surface area contributed by atoms with Crippen molar-refractivity contribution < 1.29 is 9.59 Å². The number of hydrogen-bond donors (Lipinski definition) is 2. The van der Waals surface area contributed by atoms with Gasteiger partial charge in [-0.3, -0.25) is 9.59 Å². The Labute approximate surface area is 157 Å². The zero-order valence-corrected chi connectivity index (χ0v) is 15.4. The number of primary amides is 1. The van der Waals surface area contributed by atoms with Crippen molar-refractivity contribution in [2.45, 2.75) is 44.8 Å². The number of carbonyl (C=O) groups is 2. The van der Waals surface area contributed by atoms with Crippen LogP contribution in [0.25, 0.3) is 0 Å². The summed E-state index contributed by atoms with van der Waals surface area (Å²) in [5.41, 5.74) is 8.75. The van der Waals surface area contributed by atoms with Gasteiger partial charge in [-0.25, -0.2) is 4.68 Å². The Kier molecular flexibility index (Phi) is 4.65. The highest BCUT2D eigenvalue weighted by atomic mass is 16.2. The number of aromatic nitrogens is 3. The number of amides is 2. The zero-order valence-electron chi connectivity index (χ0n) is 15.4. The van der Waals surface area contributed by atoms with Gasteiger partial charge in [-0.1, -0.05) is 29.5 Å². The monoisotopic (exact) mass is 368 g/mol. The second-order valence-electron chi connectivity index (χ2n) is 7.27. The molecule has 1 aromatic heterocycles. The summed E-state index contributed by atoms with van der Waals surface area (Å²) < 4.78 is 1.85. The molecule has 27 heavy (non-hydrogen) atoms. The lowest BCUT2D eigenvalue weighted by atomic mass is 9.93. The van der Waals surface area contributed by atoms with Crippen LogP contribution in [0.3, 0.4) is 0 Å². The summed E-state index contributed by atoms with van der Waals surface area (Å²) in [5.74, 6) is -0.785. The van der Waals surface area contributed by atoms with E-state index in [0.717, 1.165) is 42.8 Å². The third kappa shape index (κ3) is 3.21. The molecular formula is C19H24N6O2. The molecule has 0 bridgehead atoms. The predicted molar refractivity (Wildman–Crippen MR) is 98.9 cm³/mol. The Hall–Kier alpha value is -2.74. The summed E-state index contributed by atoms with van der Waals surface area (Å²) in [7, 11) is 0. The maximum absolute atomic E-state index is 13.2. The number of carbonyl (C=O) groups excluding carboxylic acids is 2. The van der Waals surface area contributed by atoms with Crippen LogP contribution in [-0.2, 0) is 17.8 Å². The third-order valence-corrected chi connectivity index (χ3v) is 5.62. The first kappa shape index (κ1) is 17.7. The first-order chi connectivity index (χ1) is 13.1. The van der Waals surface area contributed by atoms with Crippen LogP contribution < -0.4 is 11.1 Å². The minimum atomic E-state index is -0.671. The molecule has 2 aliphatic heterocycles. The van der Waals surface area contributed by atoms with Crippen LogP contribution in [0.15, 0.2) is 24.3 Å². The van der Waals surface area contributed by atoms with Gasteiger partial charge in [-0.2, -0.15) is 0 Å². The van der Waals surface area contributed by atoms with Gasteiger partial charge in [0.25, 0.3) is 5.91 Å². The number of nitrogens with one attached hydrogen (secondary N) is 1. The molecule has 2 amide bonds. The first-order valence-corrected chi connectivity index (χ1v) is 9.36. The molecule has 142 valence electrons. The van der Waals surface area contributed by atoms with E-state index in [2.05, 4.69) is 15.6 Å². The topological polar surface area (TPSA) is 106 Å². The molecule has 8 heteroatoms. The van der Waals surface area contributed by atoms with Crippen molar-refractivity contribution in [2.75, 3.05) is 13.1 Å². The van der Waals surface area contributed by atoms with Gasteiger partial charge < -0.3 is 16.0 Å². The molecule has 3 heterocycles. The van der Waals surface area contributed by atoms with Gasteiger partial charge in [0, 0.05) is 13.0 Å². The van der Waals surface area contributed by atoms with E-state index in [1.807, 2.05) is 35.9 Å². The maximum atomic E-state index is 13.2. The van der Waals surface area contributed by atoms with Gasteiger partial charge in [0.2, 0.25) is 5.91 Å². The maximum Gasteiger partial charge on any atom is 0.277 e. The SMILES string of the molecule is Cc1c(C(=O)N2Cc3ccccc3C[C@@H]2C(N)=O)nnn1C1CCNCC1. The number of benzene rings is 1. The molecule has 1 aromatic carbocycles. The molecule has 0 radical (unpaired) electrons. The van der Waals surface area contributed by atoms with Crippen LogP contribution in [0.5, 0.6) is 0 Å². The fourth-order valence-corrected chi connectivity index (χ4v) is 4.06. The first-order valence-electron chi connectivity index (χ1n) is 9.36. The number of nitrogens with zero attached hydrogens (tertiary/aromatic N) is 4. The molecule has 0 spiro atoms. The minimum absolute atomic E-state index is 0.245.